The first kappa shape index (κ1) is 15.4. The van der Waals surface area contributed by atoms with Gasteiger partial charge in [-0.05, 0) is 49.6 Å². The monoisotopic (exact) mass is 283 g/mol. The van der Waals surface area contributed by atoms with E-state index in [0.29, 0.717) is 0 Å². The van der Waals surface area contributed by atoms with Gasteiger partial charge in [-0.2, -0.15) is 0 Å². The number of hydrogen-bond donors (Lipinski definition) is 1. The van der Waals surface area contributed by atoms with E-state index in [-0.39, 0.29) is 0 Å². The van der Waals surface area contributed by atoms with Gasteiger partial charge in [0.2, 0.25) is 0 Å². The Kier molecular flexibility index (Phi) is 5.68. The van der Waals surface area contributed by atoms with Gasteiger partial charge in [-0.15, -0.1) is 0 Å². The van der Waals surface area contributed by atoms with Crippen LogP contribution in [0, 0.1) is 13.8 Å². The topological polar surface area (TPSA) is 21.3 Å². The molecule has 2 heteroatoms. The quantitative estimate of drug-likeness (QED) is 0.714. The summed E-state index contributed by atoms with van der Waals surface area (Å²) in [5.41, 5.74) is 4.93. The van der Waals surface area contributed by atoms with Crippen molar-refractivity contribution in [3.63, 3.8) is 0 Å². The molecule has 0 aliphatic rings. The van der Waals surface area contributed by atoms with E-state index >= 15 is 0 Å². The fourth-order valence-electron chi connectivity index (χ4n) is 2.39. The van der Waals surface area contributed by atoms with Crippen LogP contribution in [0.2, 0.25) is 0 Å². The summed E-state index contributed by atoms with van der Waals surface area (Å²) < 4.78 is 5.87. The van der Waals surface area contributed by atoms with E-state index in [9.17, 15) is 0 Å². The molecule has 0 unspecified atom stereocenters. The van der Waals surface area contributed by atoms with Crippen LogP contribution < -0.4 is 10.1 Å². The number of rotatable bonds is 7. The average Bonchev–Trinajstić information content (AvgIpc) is 2.45. The lowest BCUT2D eigenvalue weighted by Crippen LogP contribution is -2.04. The number of anilines is 1. The Balaban J connectivity index is 2.02. The third kappa shape index (κ3) is 4.82. The van der Waals surface area contributed by atoms with Crippen molar-refractivity contribution >= 4 is 5.69 Å². The molecule has 2 rings (SSSR count). The summed E-state index contributed by atoms with van der Waals surface area (Å²) in [4.78, 5) is 0. The molecule has 2 aromatic rings. The summed E-state index contributed by atoms with van der Waals surface area (Å²) >= 11 is 0. The van der Waals surface area contributed by atoms with Crippen molar-refractivity contribution in [2.45, 2.75) is 40.2 Å². The number of hydrogen-bond acceptors (Lipinski definition) is 2. The zero-order valence-electron chi connectivity index (χ0n) is 13.3. The summed E-state index contributed by atoms with van der Waals surface area (Å²) in [6.07, 6.45) is 2.25. The van der Waals surface area contributed by atoms with Crippen molar-refractivity contribution < 1.29 is 4.74 Å². The molecule has 0 aromatic heterocycles. The summed E-state index contributed by atoms with van der Waals surface area (Å²) in [5.74, 6) is 0.989. The Morgan fingerprint density at radius 2 is 1.71 bits per heavy atom. The molecule has 0 aliphatic carbocycles. The standard InChI is InChI=1S/C19H25NO/c1-4-5-10-21-19-9-7-6-8-17(19)14-20-18-12-15(2)11-16(3)13-18/h6-9,11-13,20H,4-5,10,14H2,1-3H3. The maximum Gasteiger partial charge on any atom is 0.124 e. The average molecular weight is 283 g/mol. The lowest BCUT2D eigenvalue weighted by atomic mass is 10.1. The molecule has 0 aliphatic heterocycles. The van der Waals surface area contributed by atoms with Gasteiger partial charge in [-0.25, -0.2) is 0 Å². The Morgan fingerprint density at radius 1 is 1.00 bits per heavy atom. The Morgan fingerprint density at radius 3 is 2.43 bits per heavy atom. The van der Waals surface area contributed by atoms with Gasteiger partial charge in [0, 0.05) is 17.8 Å². The Bertz CT molecular complexity index is 557. The number of aryl methyl sites for hydroxylation is 2. The van der Waals surface area contributed by atoms with Crippen LogP contribution in [0.5, 0.6) is 5.75 Å². The zero-order valence-corrected chi connectivity index (χ0v) is 13.3. The van der Waals surface area contributed by atoms with E-state index in [1.54, 1.807) is 0 Å². The number of ether oxygens (including phenoxy) is 1. The summed E-state index contributed by atoms with van der Waals surface area (Å²) in [7, 11) is 0. The normalized spacial score (nSPS) is 10.4. The van der Waals surface area contributed by atoms with Crippen LogP contribution in [0.3, 0.4) is 0 Å². The number of unbranched alkanes of at least 4 members (excludes halogenated alkanes) is 1. The molecule has 0 saturated heterocycles. The zero-order chi connectivity index (χ0) is 15.1. The molecule has 21 heavy (non-hydrogen) atoms. The van der Waals surface area contributed by atoms with E-state index in [1.807, 2.05) is 12.1 Å². The molecular weight excluding hydrogens is 258 g/mol. The van der Waals surface area contributed by atoms with Gasteiger partial charge >= 0.3 is 0 Å². The van der Waals surface area contributed by atoms with Crippen LogP contribution in [0.25, 0.3) is 0 Å². The minimum Gasteiger partial charge on any atom is -0.493 e. The van der Waals surface area contributed by atoms with E-state index < -0.39 is 0 Å². The summed E-state index contributed by atoms with van der Waals surface area (Å²) in [6.45, 7) is 8.00. The van der Waals surface area contributed by atoms with Crippen LogP contribution in [-0.4, -0.2) is 6.61 Å². The fourth-order valence-corrected chi connectivity index (χ4v) is 2.39. The van der Waals surface area contributed by atoms with E-state index in [1.165, 1.54) is 16.7 Å². The number of benzene rings is 2. The van der Waals surface area contributed by atoms with Gasteiger partial charge in [0.15, 0.2) is 0 Å². The second-order valence-corrected chi connectivity index (χ2v) is 5.54. The highest BCUT2D eigenvalue weighted by Gasteiger charge is 2.03. The van der Waals surface area contributed by atoms with Gasteiger partial charge in [0.1, 0.15) is 5.75 Å². The molecule has 2 aromatic carbocycles. The van der Waals surface area contributed by atoms with Crippen molar-refractivity contribution in [2.75, 3.05) is 11.9 Å². The Labute approximate surface area is 128 Å². The highest BCUT2D eigenvalue weighted by molar-refractivity contribution is 5.49. The second kappa shape index (κ2) is 7.72. The second-order valence-electron chi connectivity index (χ2n) is 5.54. The van der Waals surface area contributed by atoms with Gasteiger partial charge in [-0.3, -0.25) is 0 Å². The molecule has 2 nitrogen and oxygen atoms in total. The van der Waals surface area contributed by atoms with Crippen LogP contribution in [-0.2, 0) is 6.54 Å². The minimum absolute atomic E-state index is 0.783. The largest absolute Gasteiger partial charge is 0.493 e. The molecule has 1 N–H and O–H groups in total. The third-order valence-electron chi connectivity index (χ3n) is 3.43. The predicted molar refractivity (Wildman–Crippen MR) is 90.1 cm³/mol. The highest BCUT2D eigenvalue weighted by Crippen LogP contribution is 2.21. The molecule has 0 amide bonds. The van der Waals surface area contributed by atoms with Crippen molar-refractivity contribution in [1.29, 1.82) is 0 Å². The first-order valence-electron chi connectivity index (χ1n) is 7.72. The van der Waals surface area contributed by atoms with Crippen LogP contribution >= 0.6 is 0 Å². The van der Waals surface area contributed by atoms with Crippen LogP contribution in [0.4, 0.5) is 5.69 Å². The van der Waals surface area contributed by atoms with Gasteiger partial charge < -0.3 is 10.1 Å². The molecular formula is C19H25NO. The first-order chi connectivity index (χ1) is 10.2. The van der Waals surface area contributed by atoms with Gasteiger partial charge in [0.25, 0.3) is 0 Å². The molecule has 112 valence electrons. The van der Waals surface area contributed by atoms with E-state index in [2.05, 4.69) is 56.4 Å². The lowest BCUT2D eigenvalue weighted by molar-refractivity contribution is 0.306. The third-order valence-corrected chi connectivity index (χ3v) is 3.43. The van der Waals surface area contributed by atoms with E-state index in [4.69, 9.17) is 4.74 Å². The van der Waals surface area contributed by atoms with Crippen molar-refractivity contribution in [1.82, 2.24) is 0 Å². The van der Waals surface area contributed by atoms with Crippen LogP contribution in [0.15, 0.2) is 42.5 Å². The number of nitrogens with one attached hydrogen (secondary N) is 1. The van der Waals surface area contributed by atoms with Crippen molar-refractivity contribution in [2.24, 2.45) is 0 Å². The van der Waals surface area contributed by atoms with Gasteiger partial charge in [0.05, 0.1) is 6.61 Å². The van der Waals surface area contributed by atoms with Crippen molar-refractivity contribution in [3.05, 3.63) is 59.2 Å². The fraction of sp³-hybridized carbons (Fsp3) is 0.368. The molecule has 0 heterocycles. The Hall–Kier alpha value is -1.96. The maximum atomic E-state index is 5.87. The number of para-hydroxylation sites is 1. The first-order valence-corrected chi connectivity index (χ1v) is 7.72. The lowest BCUT2D eigenvalue weighted by Gasteiger charge is -2.13. The molecule has 0 spiro atoms. The predicted octanol–water partition coefficient (Wildman–Crippen LogP) is 5.09. The highest BCUT2D eigenvalue weighted by atomic mass is 16.5. The molecule has 0 saturated carbocycles. The SMILES string of the molecule is CCCCOc1ccccc1CNc1cc(C)cc(C)c1. The van der Waals surface area contributed by atoms with E-state index in [0.717, 1.165) is 37.4 Å². The molecule has 0 radical (unpaired) electrons. The van der Waals surface area contributed by atoms with Gasteiger partial charge in [-0.1, -0.05) is 37.6 Å². The van der Waals surface area contributed by atoms with Crippen molar-refractivity contribution in [3.8, 4) is 5.75 Å². The molecule has 0 atom stereocenters. The summed E-state index contributed by atoms with van der Waals surface area (Å²) in [6, 6.07) is 14.8. The molecule has 0 bridgehead atoms. The minimum atomic E-state index is 0.783. The van der Waals surface area contributed by atoms with Crippen LogP contribution in [0.1, 0.15) is 36.5 Å². The smallest absolute Gasteiger partial charge is 0.124 e. The molecule has 0 fully saturated rings. The maximum absolute atomic E-state index is 5.87. The summed E-state index contributed by atoms with van der Waals surface area (Å²) in [5, 5.41) is 3.49.